The summed E-state index contributed by atoms with van der Waals surface area (Å²) in [7, 11) is -7.96. The quantitative estimate of drug-likeness (QED) is 0.0274. The molecule has 442 valence electrons. The summed E-state index contributed by atoms with van der Waals surface area (Å²) in [5.41, 5.74) is 8.33. The van der Waals surface area contributed by atoms with Crippen LogP contribution in [0.5, 0.6) is 0 Å². The molecule has 2 aliphatic heterocycles. The third kappa shape index (κ3) is 22.3. The van der Waals surface area contributed by atoms with Gasteiger partial charge in [0, 0.05) is 57.0 Å². The topological polar surface area (TPSA) is 284 Å². The van der Waals surface area contributed by atoms with Gasteiger partial charge in [-0.05, 0) is 90.8 Å². The van der Waals surface area contributed by atoms with Gasteiger partial charge in [-0.15, -0.1) is 0 Å². The van der Waals surface area contributed by atoms with Crippen molar-refractivity contribution in [1.82, 2.24) is 19.2 Å². The number of aliphatic hydroxyl groups excluding tert-OH is 2. The van der Waals surface area contributed by atoms with Crippen LogP contribution in [0.2, 0.25) is 0 Å². The number of aliphatic hydroxyl groups is 2. The molecule has 0 spiro atoms. The van der Waals surface area contributed by atoms with Crippen LogP contribution in [0.3, 0.4) is 0 Å². The Morgan fingerprint density at radius 3 is 1.44 bits per heavy atom. The monoisotopic (exact) mass is 1150 g/mol. The molecule has 2 saturated heterocycles. The first-order chi connectivity index (χ1) is 38.2. The minimum Gasteiger partial charge on any atom is -0.444 e. The van der Waals surface area contributed by atoms with E-state index in [4.69, 9.17) is 34.2 Å². The van der Waals surface area contributed by atoms with E-state index in [0.29, 0.717) is 76.9 Å². The molecule has 2 aliphatic rings. The number of ether oxygens (including phenoxy) is 6. The van der Waals surface area contributed by atoms with E-state index >= 15 is 0 Å². The maximum absolute atomic E-state index is 13.8. The highest BCUT2D eigenvalue weighted by atomic mass is 32.2. The Hall–Kier alpha value is -5.73. The van der Waals surface area contributed by atoms with E-state index in [2.05, 4.69) is 16.0 Å². The Balaban J connectivity index is 0.000000303. The first-order valence-electron chi connectivity index (χ1n) is 27.2. The van der Waals surface area contributed by atoms with Gasteiger partial charge in [0.1, 0.15) is 18.8 Å². The van der Waals surface area contributed by atoms with Crippen LogP contribution in [0.25, 0.3) is 0 Å². The van der Waals surface area contributed by atoms with E-state index in [0.717, 1.165) is 17.5 Å². The van der Waals surface area contributed by atoms with Gasteiger partial charge in [0.05, 0.1) is 73.7 Å². The van der Waals surface area contributed by atoms with Gasteiger partial charge >= 0.3 is 12.2 Å². The van der Waals surface area contributed by atoms with Gasteiger partial charge in [-0.2, -0.15) is 8.61 Å². The number of alkyl carbamates (subject to hydrolysis) is 2. The van der Waals surface area contributed by atoms with Crippen molar-refractivity contribution in [2.75, 3.05) is 90.1 Å². The van der Waals surface area contributed by atoms with E-state index in [1.54, 1.807) is 0 Å². The number of hydrogen-bond donors (Lipinski definition) is 6. The number of sulfonamides is 2. The van der Waals surface area contributed by atoms with Gasteiger partial charge in [0.25, 0.3) is 0 Å². The molecule has 21 nitrogen and oxygen atoms in total. The summed E-state index contributed by atoms with van der Waals surface area (Å²) in [6, 6.07) is 28.8. The molecule has 2 heterocycles. The van der Waals surface area contributed by atoms with E-state index in [9.17, 15) is 41.4 Å². The molecule has 0 aliphatic carbocycles. The third-order valence-corrected chi connectivity index (χ3v) is 16.3. The molecule has 3 amide bonds. The maximum atomic E-state index is 13.8. The Morgan fingerprint density at radius 1 is 0.613 bits per heavy atom. The van der Waals surface area contributed by atoms with E-state index in [-0.39, 0.29) is 78.9 Å². The lowest BCUT2D eigenvalue weighted by Crippen LogP contribution is -2.51. The molecule has 4 aromatic carbocycles. The molecule has 6 atom stereocenters. The molecule has 6 rings (SSSR count). The second-order valence-electron chi connectivity index (χ2n) is 20.5. The molecule has 0 bridgehead atoms. The zero-order chi connectivity index (χ0) is 58.1. The minimum atomic E-state index is -4.05. The molecule has 0 saturated carbocycles. The average Bonchev–Trinajstić information content (AvgIpc) is 4.15. The third-order valence-electron chi connectivity index (χ3n) is 12.6. The van der Waals surface area contributed by atoms with Crippen molar-refractivity contribution >= 4 is 49.5 Å². The van der Waals surface area contributed by atoms with Crippen molar-refractivity contribution in [2.45, 2.75) is 113 Å². The van der Waals surface area contributed by atoms with Crippen LogP contribution in [0.1, 0.15) is 65.0 Å². The number of amides is 3. The fourth-order valence-electron chi connectivity index (χ4n) is 8.59. The Kier molecular flexibility index (Phi) is 27.1. The van der Waals surface area contributed by atoms with Crippen molar-refractivity contribution < 1.29 is 69.9 Å². The fourth-order valence-corrected chi connectivity index (χ4v) is 11.8. The van der Waals surface area contributed by atoms with Crippen LogP contribution < -0.4 is 21.7 Å². The van der Waals surface area contributed by atoms with Crippen molar-refractivity contribution in [3.05, 3.63) is 120 Å². The van der Waals surface area contributed by atoms with E-state index in [1.165, 1.54) is 57.1 Å². The number of nitrogens with two attached hydrogens (primary N) is 1. The van der Waals surface area contributed by atoms with Crippen LogP contribution in [-0.2, 0) is 66.1 Å². The van der Waals surface area contributed by atoms with Crippen molar-refractivity contribution in [3.63, 3.8) is 0 Å². The minimum absolute atomic E-state index is 0.00545. The van der Waals surface area contributed by atoms with Crippen LogP contribution in [0, 0.1) is 11.8 Å². The van der Waals surface area contributed by atoms with E-state index in [1.807, 2.05) is 95.3 Å². The predicted octanol–water partition coefficient (Wildman–Crippen LogP) is 5.61. The number of rotatable bonds is 30. The maximum Gasteiger partial charge on any atom is 0.407 e. The number of nitrogen functional groups attached to an aromatic ring is 1. The lowest BCUT2D eigenvalue weighted by molar-refractivity contribution is -0.121. The first-order valence-corrected chi connectivity index (χ1v) is 30.1. The standard InChI is InChI=1S/C32H47N3O9S.C25H35N3O6S/c1-4-15-41-17-18-43-23-31(37)33-26-10-12-28(13-11-26)45(39,40)35(20-24(2)3)21-30(36)29(19-25-8-6-5-7-9-25)34-32(38)44-27-14-16-42-22-27;1-18(2)15-28(35(31,32)22-10-8-20(26)9-11-22)16-24(29)23(14-19-6-4-3-5-7-19)27-25(30)34-21-12-13-33-17-21/h5-13,24,27,29-30,36H,4,14-23H2,1-3H3,(H,33,37)(H,34,38);3-11,18,21,23-24,29H,12-17,26H2,1-2H3,(H,27,30)/t27-,29-,30+;21-,23-,24+/m00/s1. The fraction of sp³-hybridized carbons (Fsp3) is 0.526. The lowest BCUT2D eigenvalue weighted by atomic mass is 10.0. The molecule has 0 radical (unpaired) electrons. The molecule has 23 heteroatoms. The molecule has 2 fully saturated rings. The molecular weight excluding hydrogens is 1070 g/mol. The number of nitrogens with zero attached hydrogens (tertiary/aromatic N) is 2. The van der Waals surface area contributed by atoms with Gasteiger partial charge in [-0.1, -0.05) is 95.3 Å². The highest BCUT2D eigenvalue weighted by molar-refractivity contribution is 7.89. The Morgan fingerprint density at radius 2 is 1.04 bits per heavy atom. The Bertz CT molecular complexity index is 2680. The summed E-state index contributed by atoms with van der Waals surface area (Å²) < 4.78 is 88.9. The summed E-state index contributed by atoms with van der Waals surface area (Å²) in [6.07, 6.45) is -1.85. The Labute approximate surface area is 471 Å². The molecule has 0 unspecified atom stereocenters. The number of carbonyl (C=O) groups excluding carboxylic acids is 3. The zero-order valence-electron chi connectivity index (χ0n) is 46.5. The number of nitrogens with one attached hydrogen (secondary N) is 3. The second-order valence-corrected chi connectivity index (χ2v) is 24.4. The largest absolute Gasteiger partial charge is 0.444 e. The first kappa shape index (κ1) is 65.1. The van der Waals surface area contributed by atoms with Crippen molar-refractivity contribution in [2.24, 2.45) is 11.8 Å². The van der Waals surface area contributed by atoms with Gasteiger partial charge in [-0.25, -0.2) is 26.4 Å². The summed E-state index contributed by atoms with van der Waals surface area (Å²) >= 11 is 0. The van der Waals surface area contributed by atoms with Gasteiger partial charge in [-0.3, -0.25) is 4.79 Å². The van der Waals surface area contributed by atoms with Crippen molar-refractivity contribution in [3.8, 4) is 0 Å². The molecular formula is C57H82N6O15S2. The number of benzene rings is 4. The number of anilines is 2. The summed E-state index contributed by atoms with van der Waals surface area (Å²) in [5.74, 6) is -0.411. The summed E-state index contributed by atoms with van der Waals surface area (Å²) in [5, 5.41) is 30.8. The van der Waals surface area contributed by atoms with E-state index < -0.39 is 56.5 Å². The highest BCUT2D eigenvalue weighted by Gasteiger charge is 2.34. The molecule has 7 N–H and O–H groups in total. The number of carbonyl (C=O) groups is 3. The van der Waals surface area contributed by atoms with Crippen LogP contribution in [0.15, 0.2) is 119 Å². The average molecular weight is 1160 g/mol. The van der Waals surface area contributed by atoms with Gasteiger partial charge in [0.2, 0.25) is 26.0 Å². The zero-order valence-corrected chi connectivity index (χ0v) is 48.2. The number of hydrogen-bond acceptors (Lipinski definition) is 16. The summed E-state index contributed by atoms with van der Waals surface area (Å²) in [6.45, 7) is 12.3. The lowest BCUT2D eigenvalue weighted by Gasteiger charge is -2.30. The van der Waals surface area contributed by atoms with Gasteiger partial charge in [0.15, 0.2) is 0 Å². The van der Waals surface area contributed by atoms with Crippen LogP contribution in [0.4, 0.5) is 21.0 Å². The smallest absolute Gasteiger partial charge is 0.407 e. The highest BCUT2D eigenvalue weighted by Crippen LogP contribution is 2.23. The molecule has 80 heavy (non-hydrogen) atoms. The molecule has 0 aromatic heterocycles. The second kappa shape index (κ2) is 33.3. The SMILES string of the molecule is CC(C)CN(C[C@@H](O)[C@H](Cc1ccccc1)NC(=O)O[C@H]1CCOC1)S(=O)(=O)c1ccc(N)cc1.CCCOCCOCC(=O)Nc1ccc(S(=O)(=O)N(CC(C)C)C[C@@H](O)[C@H](Cc2ccccc2)NC(=O)O[C@H]2CCOC2)cc1. The van der Waals surface area contributed by atoms with Crippen LogP contribution in [-0.4, -0.2) is 169 Å². The van der Waals surface area contributed by atoms with Gasteiger partial charge < -0.3 is 60.3 Å². The van der Waals surface area contributed by atoms with Crippen LogP contribution >= 0.6 is 0 Å². The van der Waals surface area contributed by atoms with Crippen molar-refractivity contribution in [1.29, 1.82) is 0 Å². The predicted molar refractivity (Wildman–Crippen MR) is 303 cm³/mol. The normalized spacial score (nSPS) is 17.1. The summed E-state index contributed by atoms with van der Waals surface area (Å²) in [4.78, 5) is 37.6. The molecule has 4 aromatic rings.